The lowest BCUT2D eigenvalue weighted by Gasteiger charge is -2.05. The molecular weight excluding hydrogens is 368 g/mol. The van der Waals surface area contributed by atoms with Gasteiger partial charge in [0.1, 0.15) is 5.69 Å². The van der Waals surface area contributed by atoms with E-state index in [0.29, 0.717) is 37.5 Å². The molecule has 2 N–H and O–H groups in total. The highest BCUT2D eigenvalue weighted by molar-refractivity contribution is 7.21. The molecule has 2 aromatic rings. The summed E-state index contributed by atoms with van der Waals surface area (Å²) in [6.45, 7) is 7.02. The van der Waals surface area contributed by atoms with Crippen LogP contribution in [-0.4, -0.2) is 34.9 Å². The van der Waals surface area contributed by atoms with Crippen molar-refractivity contribution in [2.24, 2.45) is 5.92 Å². The molecule has 2 heterocycles. The van der Waals surface area contributed by atoms with Crippen LogP contribution >= 0.6 is 22.7 Å². The minimum atomic E-state index is -0.200. The van der Waals surface area contributed by atoms with Crippen molar-refractivity contribution in [2.75, 3.05) is 13.1 Å². The van der Waals surface area contributed by atoms with Crippen molar-refractivity contribution in [3.63, 3.8) is 0 Å². The number of amides is 2. The monoisotopic (exact) mass is 392 g/mol. The van der Waals surface area contributed by atoms with Crippen LogP contribution in [0.25, 0.3) is 16.1 Å². The second-order valence-corrected chi connectivity index (χ2v) is 7.91. The number of nitrogens with zero attached hydrogens (tertiary/aromatic N) is 2. The van der Waals surface area contributed by atoms with Crippen molar-refractivity contribution in [3.8, 4) is 10.0 Å². The molecule has 0 aliphatic rings. The first-order valence-electron chi connectivity index (χ1n) is 8.65. The molecule has 2 aromatic heterocycles. The van der Waals surface area contributed by atoms with Gasteiger partial charge < -0.3 is 10.6 Å². The van der Waals surface area contributed by atoms with Gasteiger partial charge in [-0.3, -0.25) is 9.59 Å². The highest BCUT2D eigenvalue weighted by Gasteiger charge is 2.18. The van der Waals surface area contributed by atoms with E-state index in [-0.39, 0.29) is 11.8 Å². The Labute approximate surface area is 161 Å². The van der Waals surface area contributed by atoms with Gasteiger partial charge in [-0.25, -0.2) is 9.97 Å². The van der Waals surface area contributed by atoms with Crippen molar-refractivity contribution < 1.29 is 9.59 Å². The zero-order chi connectivity index (χ0) is 18.9. The van der Waals surface area contributed by atoms with Gasteiger partial charge in [-0.05, 0) is 18.4 Å². The van der Waals surface area contributed by atoms with E-state index in [0.717, 1.165) is 14.9 Å². The van der Waals surface area contributed by atoms with Crippen LogP contribution in [0.2, 0.25) is 0 Å². The summed E-state index contributed by atoms with van der Waals surface area (Å²) >= 11 is 2.97. The van der Waals surface area contributed by atoms with Crippen LogP contribution in [0, 0.1) is 5.92 Å². The summed E-state index contributed by atoms with van der Waals surface area (Å²) in [7, 11) is 0. The van der Waals surface area contributed by atoms with Gasteiger partial charge in [0.25, 0.3) is 5.91 Å². The predicted octanol–water partition coefficient (Wildman–Crippen LogP) is 3.58. The number of nitrogens with one attached hydrogen (secondary N) is 2. The molecule has 0 unspecified atom stereocenters. The Morgan fingerprint density at radius 2 is 2.00 bits per heavy atom. The smallest absolute Gasteiger partial charge is 0.271 e. The Bertz CT molecular complexity index is 751. The first-order chi connectivity index (χ1) is 12.5. The SMILES string of the molecule is CCC(=O)NCCCNC(=O)c1nc(-c2nccs2)sc1/C=C/C(C)C. The fourth-order valence-electron chi connectivity index (χ4n) is 2.03. The van der Waals surface area contributed by atoms with Gasteiger partial charge in [0.2, 0.25) is 5.91 Å². The average molecular weight is 393 g/mol. The molecule has 0 saturated heterocycles. The van der Waals surface area contributed by atoms with Crippen molar-refractivity contribution >= 4 is 40.6 Å². The maximum Gasteiger partial charge on any atom is 0.271 e. The van der Waals surface area contributed by atoms with E-state index >= 15 is 0 Å². The van der Waals surface area contributed by atoms with E-state index in [1.54, 1.807) is 6.20 Å². The van der Waals surface area contributed by atoms with Crippen LogP contribution in [0.4, 0.5) is 0 Å². The number of thiazole rings is 2. The van der Waals surface area contributed by atoms with Crippen LogP contribution in [0.1, 0.15) is 49.0 Å². The number of carbonyl (C=O) groups is 2. The van der Waals surface area contributed by atoms with Crippen LogP contribution in [-0.2, 0) is 4.79 Å². The number of hydrogen-bond donors (Lipinski definition) is 2. The largest absolute Gasteiger partial charge is 0.356 e. The van der Waals surface area contributed by atoms with Gasteiger partial charge in [-0.15, -0.1) is 22.7 Å². The molecule has 0 radical (unpaired) electrons. The van der Waals surface area contributed by atoms with Crippen LogP contribution in [0.3, 0.4) is 0 Å². The third-order valence-electron chi connectivity index (χ3n) is 3.40. The number of allylic oxidation sites excluding steroid dienone is 1. The minimum Gasteiger partial charge on any atom is -0.356 e. The van der Waals surface area contributed by atoms with Crippen molar-refractivity contribution in [1.29, 1.82) is 0 Å². The molecule has 140 valence electrons. The summed E-state index contributed by atoms with van der Waals surface area (Å²) in [4.78, 5) is 33.4. The standard InChI is InChI=1S/C18H24N4O2S2/c1-4-14(23)19-8-5-9-20-16(24)15-13(7-6-12(2)3)26-18(22-15)17-21-10-11-25-17/h6-7,10-12H,4-5,8-9H2,1-3H3,(H,19,23)(H,20,24)/b7-6+. The number of rotatable bonds is 9. The molecule has 0 fully saturated rings. The summed E-state index contributed by atoms with van der Waals surface area (Å²) in [5.74, 6) is 0.206. The van der Waals surface area contributed by atoms with Gasteiger partial charge in [0.15, 0.2) is 10.0 Å². The average Bonchev–Trinajstić information content (AvgIpc) is 3.28. The molecule has 26 heavy (non-hydrogen) atoms. The molecule has 0 aliphatic carbocycles. The zero-order valence-corrected chi connectivity index (χ0v) is 16.9. The number of hydrogen-bond acceptors (Lipinski definition) is 6. The van der Waals surface area contributed by atoms with E-state index < -0.39 is 0 Å². The van der Waals surface area contributed by atoms with E-state index in [9.17, 15) is 9.59 Å². The normalized spacial score (nSPS) is 11.2. The van der Waals surface area contributed by atoms with Gasteiger partial charge in [-0.1, -0.05) is 26.8 Å². The molecule has 0 aromatic carbocycles. The summed E-state index contributed by atoms with van der Waals surface area (Å²) in [5.41, 5.74) is 0.426. The third-order valence-corrected chi connectivity index (χ3v) is 5.33. The molecule has 8 heteroatoms. The number of aromatic nitrogens is 2. The molecule has 0 aliphatic heterocycles. The Kier molecular flexibility index (Phi) is 7.93. The number of carbonyl (C=O) groups excluding carboxylic acids is 2. The molecule has 6 nitrogen and oxygen atoms in total. The molecule has 0 atom stereocenters. The minimum absolute atomic E-state index is 0.0185. The van der Waals surface area contributed by atoms with Gasteiger partial charge in [0, 0.05) is 31.1 Å². The van der Waals surface area contributed by atoms with E-state index in [4.69, 9.17) is 0 Å². The van der Waals surface area contributed by atoms with Crippen LogP contribution < -0.4 is 10.6 Å². The molecule has 0 saturated carbocycles. The summed E-state index contributed by atoms with van der Waals surface area (Å²) in [6.07, 6.45) is 6.88. The first kappa shape index (κ1) is 20.3. The fourth-order valence-corrected chi connectivity index (χ4v) is 3.69. The molecule has 2 rings (SSSR count). The van der Waals surface area contributed by atoms with Gasteiger partial charge in [-0.2, -0.15) is 0 Å². The van der Waals surface area contributed by atoms with Crippen molar-refractivity contribution in [1.82, 2.24) is 20.6 Å². The third kappa shape index (κ3) is 6.03. The second-order valence-electron chi connectivity index (χ2n) is 5.99. The molecule has 0 bridgehead atoms. The molecule has 0 spiro atoms. The Morgan fingerprint density at radius 1 is 1.23 bits per heavy atom. The Morgan fingerprint density at radius 3 is 2.65 bits per heavy atom. The van der Waals surface area contributed by atoms with Gasteiger partial charge >= 0.3 is 0 Å². The zero-order valence-electron chi connectivity index (χ0n) is 15.2. The maximum absolute atomic E-state index is 12.5. The highest BCUT2D eigenvalue weighted by atomic mass is 32.1. The predicted molar refractivity (Wildman–Crippen MR) is 107 cm³/mol. The summed E-state index contributed by atoms with van der Waals surface area (Å²) < 4.78 is 0. The molecule has 2 amide bonds. The lowest BCUT2D eigenvalue weighted by Crippen LogP contribution is -2.29. The summed E-state index contributed by atoms with van der Waals surface area (Å²) in [5, 5.41) is 9.13. The van der Waals surface area contributed by atoms with E-state index in [2.05, 4.69) is 40.5 Å². The maximum atomic E-state index is 12.5. The Hall–Kier alpha value is -2.06. The van der Waals surface area contributed by atoms with Crippen molar-refractivity contribution in [2.45, 2.75) is 33.6 Å². The lowest BCUT2D eigenvalue weighted by atomic mass is 10.2. The van der Waals surface area contributed by atoms with Crippen LogP contribution in [0.15, 0.2) is 17.7 Å². The van der Waals surface area contributed by atoms with Crippen LogP contribution in [0.5, 0.6) is 0 Å². The Balaban J connectivity index is 2.03. The molecular formula is C18H24N4O2S2. The van der Waals surface area contributed by atoms with E-state index in [1.165, 1.54) is 22.7 Å². The van der Waals surface area contributed by atoms with Gasteiger partial charge in [0.05, 0.1) is 4.88 Å². The van der Waals surface area contributed by atoms with Crippen molar-refractivity contribution in [3.05, 3.63) is 28.2 Å². The second kappa shape index (κ2) is 10.2. The fraction of sp³-hybridized carbons (Fsp3) is 0.444. The summed E-state index contributed by atoms with van der Waals surface area (Å²) in [6, 6.07) is 0. The first-order valence-corrected chi connectivity index (χ1v) is 10.3. The lowest BCUT2D eigenvalue weighted by molar-refractivity contribution is -0.120. The quantitative estimate of drug-likeness (QED) is 0.639. The highest BCUT2D eigenvalue weighted by Crippen LogP contribution is 2.30. The topological polar surface area (TPSA) is 84.0 Å². The van der Waals surface area contributed by atoms with E-state index in [1.807, 2.05) is 18.4 Å².